The van der Waals surface area contributed by atoms with Crippen LogP contribution >= 0.6 is 15.9 Å². The lowest BCUT2D eigenvalue weighted by Crippen LogP contribution is -2.19. The van der Waals surface area contributed by atoms with Crippen molar-refractivity contribution in [2.24, 2.45) is 5.92 Å². The molecule has 110 valence electrons. The number of carboxylic acids is 1. The first-order chi connectivity index (χ1) is 9.97. The monoisotopic (exact) mass is 354 g/mol. The fourth-order valence-electron chi connectivity index (χ4n) is 2.13. The molecule has 0 aromatic heterocycles. The highest BCUT2D eigenvalue weighted by Crippen LogP contribution is 2.22. The summed E-state index contributed by atoms with van der Waals surface area (Å²) in [6.45, 7) is 0. The lowest BCUT2D eigenvalue weighted by Gasteiger charge is -2.14. The van der Waals surface area contributed by atoms with Crippen LogP contribution in [-0.2, 0) is 17.6 Å². The average molecular weight is 355 g/mol. The lowest BCUT2D eigenvalue weighted by molar-refractivity contribution is -0.141. The van der Waals surface area contributed by atoms with Gasteiger partial charge in [-0.3, -0.25) is 4.79 Å². The molecule has 0 amide bonds. The predicted octanol–water partition coefficient (Wildman–Crippen LogP) is 4.21. The van der Waals surface area contributed by atoms with Gasteiger partial charge in [-0.2, -0.15) is 0 Å². The maximum absolute atomic E-state index is 13.2. The molecule has 0 aliphatic heterocycles. The molecule has 0 aliphatic rings. The molecule has 0 radical (unpaired) electrons. The van der Waals surface area contributed by atoms with Crippen LogP contribution < -0.4 is 0 Å². The summed E-state index contributed by atoms with van der Waals surface area (Å²) in [5.74, 6) is -3.56. The molecule has 1 atom stereocenters. The molecule has 2 aromatic rings. The van der Waals surface area contributed by atoms with E-state index >= 15 is 0 Å². The first-order valence-electron chi connectivity index (χ1n) is 6.37. The zero-order valence-electron chi connectivity index (χ0n) is 11.0. The molecule has 1 unspecified atom stereocenters. The molecule has 2 nitrogen and oxygen atoms in total. The minimum absolute atomic E-state index is 0.147. The Kier molecular flexibility index (Phi) is 5.07. The highest BCUT2D eigenvalue weighted by molar-refractivity contribution is 9.10. The van der Waals surface area contributed by atoms with Crippen molar-refractivity contribution in [2.45, 2.75) is 12.8 Å². The van der Waals surface area contributed by atoms with E-state index in [1.807, 2.05) is 24.3 Å². The first kappa shape index (κ1) is 15.6. The second-order valence-corrected chi connectivity index (χ2v) is 5.64. The second-order valence-electron chi connectivity index (χ2n) is 4.78. The Labute approximate surface area is 129 Å². The van der Waals surface area contributed by atoms with Gasteiger partial charge in [-0.1, -0.05) is 40.2 Å². The third-order valence-corrected chi connectivity index (χ3v) is 4.01. The number of halogens is 3. The maximum Gasteiger partial charge on any atom is 0.307 e. The average Bonchev–Trinajstić information content (AvgIpc) is 2.44. The molecule has 0 saturated carbocycles. The SMILES string of the molecule is O=C(O)C(Cc1ccc(F)c(F)c1)Cc1ccccc1Br. The molecule has 21 heavy (non-hydrogen) atoms. The van der Waals surface area contributed by atoms with Crippen LogP contribution in [0.3, 0.4) is 0 Å². The standard InChI is InChI=1S/C16H13BrF2O2/c17-13-4-2-1-3-11(13)9-12(16(20)21)7-10-5-6-14(18)15(19)8-10/h1-6,8,12H,7,9H2,(H,20,21). The summed E-state index contributed by atoms with van der Waals surface area (Å²) in [5.41, 5.74) is 1.33. The van der Waals surface area contributed by atoms with Crippen LogP contribution in [0.25, 0.3) is 0 Å². The molecule has 0 heterocycles. The van der Waals surface area contributed by atoms with Gasteiger partial charge in [-0.05, 0) is 42.2 Å². The van der Waals surface area contributed by atoms with Gasteiger partial charge in [0, 0.05) is 4.47 Å². The largest absolute Gasteiger partial charge is 0.481 e. The van der Waals surface area contributed by atoms with Crippen LogP contribution in [0.5, 0.6) is 0 Å². The van der Waals surface area contributed by atoms with Crippen molar-refractivity contribution in [3.8, 4) is 0 Å². The Morgan fingerprint density at radius 1 is 1.10 bits per heavy atom. The van der Waals surface area contributed by atoms with Gasteiger partial charge in [0.1, 0.15) is 0 Å². The smallest absolute Gasteiger partial charge is 0.307 e. The normalized spacial score (nSPS) is 12.1. The quantitative estimate of drug-likeness (QED) is 0.872. The zero-order chi connectivity index (χ0) is 15.4. The van der Waals surface area contributed by atoms with Gasteiger partial charge in [-0.25, -0.2) is 8.78 Å². The first-order valence-corrected chi connectivity index (χ1v) is 7.17. The summed E-state index contributed by atoms with van der Waals surface area (Å²) in [6.07, 6.45) is 0.462. The van der Waals surface area contributed by atoms with E-state index in [0.717, 1.165) is 22.2 Å². The van der Waals surface area contributed by atoms with Crippen LogP contribution in [0.4, 0.5) is 8.78 Å². The van der Waals surface area contributed by atoms with Crippen molar-refractivity contribution < 1.29 is 18.7 Å². The van der Waals surface area contributed by atoms with Gasteiger partial charge in [0.25, 0.3) is 0 Å². The summed E-state index contributed by atoms with van der Waals surface area (Å²) in [4.78, 5) is 11.4. The van der Waals surface area contributed by atoms with Crippen LogP contribution in [0.15, 0.2) is 46.9 Å². The van der Waals surface area contributed by atoms with Crippen LogP contribution in [0.1, 0.15) is 11.1 Å². The highest BCUT2D eigenvalue weighted by atomic mass is 79.9. The van der Waals surface area contributed by atoms with Gasteiger partial charge in [0.15, 0.2) is 11.6 Å². The summed E-state index contributed by atoms with van der Waals surface area (Å²) in [6, 6.07) is 10.8. The van der Waals surface area contributed by atoms with Crippen molar-refractivity contribution in [3.05, 3.63) is 69.7 Å². The van der Waals surface area contributed by atoms with Crippen LogP contribution in [-0.4, -0.2) is 11.1 Å². The molecule has 1 N–H and O–H groups in total. The number of carboxylic acid groups (broad SMARTS) is 1. The fraction of sp³-hybridized carbons (Fsp3) is 0.188. The van der Waals surface area contributed by atoms with E-state index in [9.17, 15) is 18.7 Å². The van der Waals surface area contributed by atoms with Gasteiger partial charge >= 0.3 is 5.97 Å². The molecular weight excluding hydrogens is 342 g/mol. The zero-order valence-corrected chi connectivity index (χ0v) is 12.6. The van der Waals surface area contributed by atoms with Gasteiger partial charge in [-0.15, -0.1) is 0 Å². The van der Waals surface area contributed by atoms with Crippen molar-refractivity contribution >= 4 is 21.9 Å². The molecule has 2 aromatic carbocycles. The molecule has 0 spiro atoms. The molecule has 2 rings (SSSR count). The Morgan fingerprint density at radius 3 is 2.43 bits per heavy atom. The topological polar surface area (TPSA) is 37.3 Å². The van der Waals surface area contributed by atoms with Crippen molar-refractivity contribution in [1.82, 2.24) is 0 Å². The van der Waals surface area contributed by atoms with E-state index in [-0.39, 0.29) is 6.42 Å². The number of benzene rings is 2. The van der Waals surface area contributed by atoms with E-state index in [2.05, 4.69) is 15.9 Å². The van der Waals surface area contributed by atoms with Crippen molar-refractivity contribution in [3.63, 3.8) is 0 Å². The van der Waals surface area contributed by atoms with E-state index in [1.54, 1.807) is 0 Å². The third-order valence-electron chi connectivity index (χ3n) is 3.24. The molecule has 0 saturated heterocycles. The van der Waals surface area contributed by atoms with Crippen molar-refractivity contribution in [2.75, 3.05) is 0 Å². The minimum atomic E-state index is -0.963. The van der Waals surface area contributed by atoms with Crippen LogP contribution in [0.2, 0.25) is 0 Å². The minimum Gasteiger partial charge on any atom is -0.481 e. The molecular formula is C16H13BrF2O2. The predicted molar refractivity (Wildman–Crippen MR) is 79.0 cm³/mol. The highest BCUT2D eigenvalue weighted by Gasteiger charge is 2.20. The fourth-order valence-corrected chi connectivity index (χ4v) is 2.57. The molecule has 0 bridgehead atoms. The third kappa shape index (κ3) is 4.11. The Balaban J connectivity index is 2.18. The Hall–Kier alpha value is -1.75. The number of carbonyl (C=O) groups is 1. The van der Waals surface area contributed by atoms with E-state index < -0.39 is 23.5 Å². The van der Waals surface area contributed by atoms with E-state index in [4.69, 9.17) is 0 Å². The maximum atomic E-state index is 13.2. The van der Waals surface area contributed by atoms with E-state index in [0.29, 0.717) is 12.0 Å². The van der Waals surface area contributed by atoms with E-state index in [1.165, 1.54) is 6.07 Å². The molecule has 0 fully saturated rings. The number of rotatable bonds is 5. The summed E-state index contributed by atoms with van der Waals surface area (Å²) >= 11 is 3.38. The van der Waals surface area contributed by atoms with Crippen molar-refractivity contribution in [1.29, 1.82) is 0 Å². The second kappa shape index (κ2) is 6.80. The number of hydrogen-bond acceptors (Lipinski definition) is 1. The summed E-state index contributed by atoms with van der Waals surface area (Å²) in [5, 5.41) is 9.33. The van der Waals surface area contributed by atoms with Crippen LogP contribution in [0, 0.1) is 17.6 Å². The Bertz CT molecular complexity index is 658. The number of hydrogen-bond donors (Lipinski definition) is 1. The summed E-state index contributed by atoms with van der Waals surface area (Å²) in [7, 11) is 0. The van der Waals surface area contributed by atoms with Gasteiger partial charge in [0.05, 0.1) is 5.92 Å². The van der Waals surface area contributed by atoms with Gasteiger partial charge < -0.3 is 5.11 Å². The lowest BCUT2D eigenvalue weighted by atomic mass is 9.92. The molecule has 5 heteroatoms. The van der Waals surface area contributed by atoms with Gasteiger partial charge in [0.2, 0.25) is 0 Å². The molecule has 0 aliphatic carbocycles. The number of aliphatic carboxylic acids is 1. The summed E-state index contributed by atoms with van der Waals surface area (Å²) < 4.78 is 26.9. The Morgan fingerprint density at radius 2 is 1.81 bits per heavy atom.